The van der Waals surface area contributed by atoms with E-state index in [0.717, 1.165) is 55.7 Å². The van der Waals surface area contributed by atoms with Gasteiger partial charge in [-0.1, -0.05) is 164 Å². The number of hydrogen-bond acceptors (Lipinski definition) is 3. The molecule has 3 aromatic heterocycles. The molecule has 0 aliphatic rings. The van der Waals surface area contributed by atoms with Crippen LogP contribution in [0.3, 0.4) is 0 Å². The van der Waals surface area contributed by atoms with Crippen molar-refractivity contribution in [1.82, 2.24) is 24.1 Å². The van der Waals surface area contributed by atoms with Gasteiger partial charge in [-0.3, -0.25) is 0 Å². The minimum Gasteiger partial charge on any atom is -0.309 e. The van der Waals surface area contributed by atoms with E-state index in [4.69, 9.17) is 15.0 Å². The van der Waals surface area contributed by atoms with Crippen LogP contribution in [-0.2, 0) is 0 Å². The number of aromatic nitrogens is 5. The molecule has 0 saturated heterocycles. The molecule has 0 atom stereocenters. The quantitative estimate of drug-likeness (QED) is 0.169. The van der Waals surface area contributed by atoms with Crippen LogP contribution in [0.4, 0.5) is 0 Å². The summed E-state index contributed by atoms with van der Waals surface area (Å²) in [6.45, 7) is 0. The molecule has 0 fully saturated rings. The Hall–Kier alpha value is -8.15. The van der Waals surface area contributed by atoms with E-state index in [0.29, 0.717) is 17.5 Å². The van der Waals surface area contributed by atoms with Crippen molar-refractivity contribution in [1.29, 1.82) is 0 Å². The van der Waals surface area contributed by atoms with E-state index in [2.05, 4.69) is 221 Å². The lowest BCUT2D eigenvalue weighted by atomic mass is 9.97. The molecule has 5 nitrogen and oxygen atoms in total. The summed E-state index contributed by atoms with van der Waals surface area (Å²) in [5.74, 6) is 1.83. The maximum Gasteiger partial charge on any atom is 0.164 e. The first-order chi connectivity index (χ1) is 29.7. The average molecular weight is 766 g/mol. The summed E-state index contributed by atoms with van der Waals surface area (Å²) < 4.78 is 4.66. The molecule has 12 aromatic rings. The van der Waals surface area contributed by atoms with Crippen molar-refractivity contribution in [2.45, 2.75) is 0 Å². The summed E-state index contributed by atoms with van der Waals surface area (Å²) in [6.07, 6.45) is 0. The summed E-state index contributed by atoms with van der Waals surface area (Å²) in [7, 11) is 0. The van der Waals surface area contributed by atoms with E-state index in [9.17, 15) is 0 Å². The Balaban J connectivity index is 1.03. The summed E-state index contributed by atoms with van der Waals surface area (Å²) in [5, 5.41) is 7.33. The first-order valence-corrected chi connectivity index (χ1v) is 20.3. The zero-order chi connectivity index (χ0) is 39.6. The van der Waals surface area contributed by atoms with Crippen LogP contribution in [-0.4, -0.2) is 24.1 Å². The zero-order valence-corrected chi connectivity index (χ0v) is 32.4. The first kappa shape index (κ1) is 33.9. The molecule has 0 N–H and O–H groups in total. The predicted molar refractivity (Wildman–Crippen MR) is 248 cm³/mol. The van der Waals surface area contributed by atoms with Crippen LogP contribution in [0.25, 0.3) is 111 Å². The number of para-hydroxylation sites is 4. The van der Waals surface area contributed by atoms with Gasteiger partial charge in [0.05, 0.1) is 22.1 Å². The molecule has 0 unspecified atom stereocenters. The lowest BCUT2D eigenvalue weighted by Crippen LogP contribution is -2.02. The molecule has 0 aliphatic carbocycles. The smallest absolute Gasteiger partial charge is 0.164 e. The standard InChI is InChI=1S/C55H35N5/c1-2-20-43-36(14-1)15-13-25-44(43)37-30-32-38(33-31-37)53-56-54(39-16-11-18-41(34-39)59-49-26-7-3-21-45(49)46-22-4-8-27-50(46)59)58-55(57-53)40-17-12-19-42(35-40)60-51-28-9-5-23-47(51)48-24-6-10-29-52(48)60/h1-35H. The molecule has 0 spiro atoms. The van der Waals surface area contributed by atoms with Gasteiger partial charge in [0.1, 0.15) is 0 Å². The zero-order valence-electron chi connectivity index (χ0n) is 32.4. The third-order valence-corrected chi connectivity index (χ3v) is 11.8. The van der Waals surface area contributed by atoms with Gasteiger partial charge < -0.3 is 9.13 Å². The molecule has 0 amide bonds. The molecule has 280 valence electrons. The van der Waals surface area contributed by atoms with Gasteiger partial charge in [0.25, 0.3) is 0 Å². The molecule has 9 aromatic carbocycles. The van der Waals surface area contributed by atoms with E-state index in [1.807, 2.05) is 0 Å². The van der Waals surface area contributed by atoms with Crippen LogP contribution in [0, 0.1) is 0 Å². The molecular weight excluding hydrogens is 731 g/mol. The van der Waals surface area contributed by atoms with E-state index in [1.165, 1.54) is 37.9 Å². The summed E-state index contributed by atoms with van der Waals surface area (Å²) in [6, 6.07) is 75.1. The van der Waals surface area contributed by atoms with Gasteiger partial charge in [-0.15, -0.1) is 0 Å². The molecular formula is C55H35N5. The highest BCUT2D eigenvalue weighted by Crippen LogP contribution is 2.36. The number of rotatable bonds is 6. The Morgan fingerprint density at radius 3 is 1.12 bits per heavy atom. The fourth-order valence-corrected chi connectivity index (χ4v) is 9.01. The molecule has 12 rings (SSSR count). The normalized spacial score (nSPS) is 11.7. The Morgan fingerprint density at radius 2 is 0.633 bits per heavy atom. The SMILES string of the molecule is c1cc(-c2nc(-c3ccc(-c4cccc5ccccc45)cc3)nc(-c3cccc(-n4c5ccccc5c5ccccc54)c3)n2)cc(-n2c3ccccc3c3ccccc32)c1. The summed E-state index contributed by atoms with van der Waals surface area (Å²) >= 11 is 0. The van der Waals surface area contributed by atoms with E-state index >= 15 is 0 Å². The second-order valence-electron chi connectivity index (χ2n) is 15.3. The van der Waals surface area contributed by atoms with Gasteiger partial charge in [0.2, 0.25) is 0 Å². The Morgan fingerprint density at radius 1 is 0.267 bits per heavy atom. The van der Waals surface area contributed by atoms with E-state index in [1.54, 1.807) is 0 Å². The minimum absolute atomic E-state index is 0.609. The number of benzene rings is 9. The van der Waals surface area contributed by atoms with Crippen molar-refractivity contribution >= 4 is 54.4 Å². The van der Waals surface area contributed by atoms with E-state index in [-0.39, 0.29) is 0 Å². The highest BCUT2D eigenvalue weighted by atomic mass is 15.0. The third kappa shape index (κ3) is 5.52. The number of fused-ring (bicyclic) bond motifs is 7. The van der Waals surface area contributed by atoms with Gasteiger partial charge in [-0.05, 0) is 70.4 Å². The molecule has 0 radical (unpaired) electrons. The lowest BCUT2D eigenvalue weighted by Gasteiger charge is -2.13. The minimum atomic E-state index is 0.609. The van der Waals surface area contributed by atoms with Crippen LogP contribution < -0.4 is 0 Å². The Labute approximate surface area is 346 Å². The number of hydrogen-bond donors (Lipinski definition) is 0. The number of nitrogens with zero attached hydrogens (tertiary/aromatic N) is 5. The van der Waals surface area contributed by atoms with Crippen molar-refractivity contribution in [2.24, 2.45) is 0 Å². The van der Waals surface area contributed by atoms with Crippen molar-refractivity contribution in [3.63, 3.8) is 0 Å². The topological polar surface area (TPSA) is 48.5 Å². The van der Waals surface area contributed by atoms with Gasteiger partial charge in [-0.25, -0.2) is 15.0 Å². The molecule has 0 aliphatic heterocycles. The predicted octanol–water partition coefficient (Wildman–Crippen LogP) is 13.9. The highest BCUT2D eigenvalue weighted by Gasteiger charge is 2.18. The average Bonchev–Trinajstić information content (AvgIpc) is 3.85. The molecule has 0 saturated carbocycles. The van der Waals surface area contributed by atoms with Gasteiger partial charge >= 0.3 is 0 Å². The molecule has 60 heavy (non-hydrogen) atoms. The third-order valence-electron chi connectivity index (χ3n) is 11.8. The Kier molecular flexibility index (Phi) is 7.78. The largest absolute Gasteiger partial charge is 0.309 e. The summed E-state index contributed by atoms with van der Waals surface area (Å²) in [5.41, 5.74) is 11.8. The molecule has 5 heteroatoms. The highest BCUT2D eigenvalue weighted by molar-refractivity contribution is 6.10. The van der Waals surface area contributed by atoms with E-state index < -0.39 is 0 Å². The first-order valence-electron chi connectivity index (χ1n) is 20.3. The molecule has 3 heterocycles. The van der Waals surface area contributed by atoms with Gasteiger partial charge in [0.15, 0.2) is 17.5 Å². The van der Waals surface area contributed by atoms with Crippen LogP contribution in [0.1, 0.15) is 0 Å². The second kappa shape index (κ2) is 13.8. The van der Waals surface area contributed by atoms with Crippen molar-refractivity contribution in [3.8, 4) is 56.7 Å². The van der Waals surface area contributed by atoms with Gasteiger partial charge in [0, 0.05) is 49.6 Å². The maximum atomic E-state index is 5.25. The second-order valence-corrected chi connectivity index (χ2v) is 15.3. The monoisotopic (exact) mass is 765 g/mol. The van der Waals surface area contributed by atoms with Crippen molar-refractivity contribution < 1.29 is 0 Å². The molecule has 0 bridgehead atoms. The van der Waals surface area contributed by atoms with Crippen LogP contribution in [0.2, 0.25) is 0 Å². The van der Waals surface area contributed by atoms with Crippen LogP contribution in [0.15, 0.2) is 212 Å². The summed E-state index contributed by atoms with van der Waals surface area (Å²) in [4.78, 5) is 15.7. The van der Waals surface area contributed by atoms with Gasteiger partial charge in [-0.2, -0.15) is 0 Å². The van der Waals surface area contributed by atoms with Crippen molar-refractivity contribution in [3.05, 3.63) is 212 Å². The fraction of sp³-hybridized carbons (Fsp3) is 0. The van der Waals surface area contributed by atoms with Crippen molar-refractivity contribution in [2.75, 3.05) is 0 Å². The van der Waals surface area contributed by atoms with Crippen LogP contribution >= 0.6 is 0 Å². The lowest BCUT2D eigenvalue weighted by molar-refractivity contribution is 1.07. The Bertz CT molecular complexity index is 3330. The fourth-order valence-electron chi connectivity index (χ4n) is 9.01. The maximum absolute atomic E-state index is 5.25. The van der Waals surface area contributed by atoms with Crippen LogP contribution in [0.5, 0.6) is 0 Å².